The van der Waals surface area contributed by atoms with Crippen LogP contribution in [0.4, 0.5) is 0 Å². The van der Waals surface area contributed by atoms with Crippen molar-refractivity contribution >= 4 is 0 Å². The van der Waals surface area contributed by atoms with Gasteiger partial charge in [-0.15, -0.1) is 6.58 Å². The van der Waals surface area contributed by atoms with Crippen LogP contribution in [0.15, 0.2) is 30.4 Å². The summed E-state index contributed by atoms with van der Waals surface area (Å²) in [5, 5.41) is 3.33. The van der Waals surface area contributed by atoms with Crippen LogP contribution in [0.5, 0.6) is 5.75 Å². The molecule has 0 aliphatic carbocycles. The zero-order valence-electron chi connectivity index (χ0n) is 11.2. The molecule has 0 unspecified atom stereocenters. The summed E-state index contributed by atoms with van der Waals surface area (Å²) in [5.41, 5.74) is 3.66. The van der Waals surface area contributed by atoms with Crippen LogP contribution in [0.2, 0.25) is 0 Å². The van der Waals surface area contributed by atoms with Gasteiger partial charge in [0.1, 0.15) is 5.75 Å². The third kappa shape index (κ3) is 5.05. The summed E-state index contributed by atoms with van der Waals surface area (Å²) >= 11 is 0. The molecule has 0 saturated carbocycles. The van der Waals surface area contributed by atoms with Gasteiger partial charge in [-0.1, -0.05) is 30.2 Å². The average molecular weight is 233 g/mol. The number of rotatable bonds is 7. The number of aryl methyl sites for hydroxylation is 1. The lowest BCUT2D eigenvalue weighted by atomic mass is 10.1. The molecule has 0 bridgehead atoms. The summed E-state index contributed by atoms with van der Waals surface area (Å²) in [6.07, 6.45) is 0.911. The monoisotopic (exact) mass is 233 g/mol. The van der Waals surface area contributed by atoms with Gasteiger partial charge in [-0.3, -0.25) is 0 Å². The topological polar surface area (TPSA) is 21.3 Å². The first-order valence-corrected chi connectivity index (χ1v) is 6.21. The molecule has 0 spiro atoms. The fourth-order valence-corrected chi connectivity index (χ4v) is 1.58. The van der Waals surface area contributed by atoms with Crippen molar-refractivity contribution in [2.75, 3.05) is 13.2 Å². The zero-order chi connectivity index (χ0) is 12.7. The third-order valence-corrected chi connectivity index (χ3v) is 2.57. The maximum atomic E-state index is 5.80. The Morgan fingerprint density at radius 1 is 1.41 bits per heavy atom. The van der Waals surface area contributed by atoms with E-state index in [-0.39, 0.29) is 0 Å². The number of ether oxygens (including phenoxy) is 1. The van der Waals surface area contributed by atoms with Crippen molar-refractivity contribution in [3.05, 3.63) is 41.5 Å². The Kier molecular flexibility index (Phi) is 5.78. The van der Waals surface area contributed by atoms with Crippen LogP contribution in [0.25, 0.3) is 0 Å². The average Bonchev–Trinajstić information content (AvgIpc) is 2.28. The van der Waals surface area contributed by atoms with Crippen LogP contribution < -0.4 is 10.1 Å². The molecule has 0 atom stereocenters. The molecule has 0 amide bonds. The zero-order valence-corrected chi connectivity index (χ0v) is 11.2. The SMILES string of the molecule is C=C(C)CCOc1ccc(C)cc1CNCC. The van der Waals surface area contributed by atoms with Gasteiger partial charge in [0.25, 0.3) is 0 Å². The number of hydrogen-bond donors (Lipinski definition) is 1. The molecular formula is C15H23NO. The molecule has 1 aromatic carbocycles. The number of hydrogen-bond acceptors (Lipinski definition) is 2. The molecular weight excluding hydrogens is 210 g/mol. The first-order valence-electron chi connectivity index (χ1n) is 6.21. The molecule has 2 heteroatoms. The van der Waals surface area contributed by atoms with Gasteiger partial charge in [0.2, 0.25) is 0 Å². The van der Waals surface area contributed by atoms with Crippen molar-refractivity contribution in [3.63, 3.8) is 0 Å². The van der Waals surface area contributed by atoms with Gasteiger partial charge in [0, 0.05) is 18.5 Å². The highest BCUT2D eigenvalue weighted by molar-refractivity contribution is 5.36. The predicted octanol–water partition coefficient (Wildman–Crippen LogP) is 3.45. The molecule has 0 radical (unpaired) electrons. The van der Waals surface area contributed by atoms with Gasteiger partial charge in [0.05, 0.1) is 6.61 Å². The molecule has 0 fully saturated rings. The standard InChI is InChI=1S/C15H23NO/c1-5-16-11-14-10-13(4)6-7-15(14)17-9-8-12(2)3/h6-7,10,16H,2,5,8-9,11H2,1,3-4H3. The summed E-state index contributed by atoms with van der Waals surface area (Å²) in [6.45, 7) is 12.7. The quantitative estimate of drug-likeness (QED) is 0.728. The molecule has 1 N–H and O–H groups in total. The first-order chi connectivity index (χ1) is 8.13. The lowest BCUT2D eigenvalue weighted by molar-refractivity contribution is 0.317. The molecule has 0 saturated heterocycles. The van der Waals surface area contributed by atoms with E-state index in [0.717, 1.165) is 30.8 Å². The van der Waals surface area contributed by atoms with Crippen LogP contribution in [-0.4, -0.2) is 13.2 Å². The van der Waals surface area contributed by atoms with E-state index in [1.165, 1.54) is 11.1 Å². The van der Waals surface area contributed by atoms with Crippen LogP contribution >= 0.6 is 0 Å². The molecule has 1 rings (SSSR count). The predicted molar refractivity (Wildman–Crippen MR) is 73.5 cm³/mol. The Balaban J connectivity index is 2.64. The number of benzene rings is 1. The Bertz CT molecular complexity index is 371. The summed E-state index contributed by atoms with van der Waals surface area (Å²) in [4.78, 5) is 0. The Hall–Kier alpha value is -1.28. The largest absolute Gasteiger partial charge is 0.493 e. The summed E-state index contributed by atoms with van der Waals surface area (Å²) in [6, 6.07) is 6.32. The summed E-state index contributed by atoms with van der Waals surface area (Å²) < 4.78 is 5.80. The van der Waals surface area contributed by atoms with Crippen molar-refractivity contribution < 1.29 is 4.74 Å². The van der Waals surface area contributed by atoms with Crippen molar-refractivity contribution in [2.24, 2.45) is 0 Å². The molecule has 17 heavy (non-hydrogen) atoms. The molecule has 0 heterocycles. The Morgan fingerprint density at radius 2 is 2.18 bits per heavy atom. The Labute approximate surface area is 105 Å². The van der Waals surface area contributed by atoms with Gasteiger partial charge in [-0.25, -0.2) is 0 Å². The van der Waals surface area contributed by atoms with Crippen molar-refractivity contribution in [1.29, 1.82) is 0 Å². The van der Waals surface area contributed by atoms with Crippen LogP contribution in [0.1, 0.15) is 31.4 Å². The minimum atomic E-state index is 0.706. The molecule has 94 valence electrons. The second-order valence-corrected chi connectivity index (χ2v) is 4.45. The van der Waals surface area contributed by atoms with Crippen LogP contribution in [0, 0.1) is 6.92 Å². The van der Waals surface area contributed by atoms with E-state index in [1.54, 1.807) is 0 Å². The van der Waals surface area contributed by atoms with E-state index in [2.05, 4.69) is 43.9 Å². The van der Waals surface area contributed by atoms with Crippen molar-refractivity contribution in [2.45, 2.75) is 33.7 Å². The van der Waals surface area contributed by atoms with E-state index in [0.29, 0.717) is 6.61 Å². The first kappa shape index (κ1) is 13.8. The maximum Gasteiger partial charge on any atom is 0.123 e. The lowest BCUT2D eigenvalue weighted by Gasteiger charge is -2.12. The molecule has 0 aliphatic rings. The molecule has 2 nitrogen and oxygen atoms in total. The van der Waals surface area contributed by atoms with E-state index in [1.807, 2.05) is 6.92 Å². The Morgan fingerprint density at radius 3 is 2.82 bits per heavy atom. The fraction of sp³-hybridized carbons (Fsp3) is 0.467. The van der Waals surface area contributed by atoms with E-state index >= 15 is 0 Å². The second-order valence-electron chi connectivity index (χ2n) is 4.45. The van der Waals surface area contributed by atoms with Gasteiger partial charge < -0.3 is 10.1 Å². The van der Waals surface area contributed by atoms with E-state index < -0.39 is 0 Å². The van der Waals surface area contributed by atoms with Gasteiger partial charge >= 0.3 is 0 Å². The third-order valence-electron chi connectivity index (χ3n) is 2.57. The van der Waals surface area contributed by atoms with Crippen molar-refractivity contribution in [1.82, 2.24) is 5.32 Å². The smallest absolute Gasteiger partial charge is 0.123 e. The summed E-state index contributed by atoms with van der Waals surface area (Å²) in [5.74, 6) is 0.984. The van der Waals surface area contributed by atoms with Gasteiger partial charge in [-0.2, -0.15) is 0 Å². The fourth-order valence-electron chi connectivity index (χ4n) is 1.58. The highest BCUT2D eigenvalue weighted by Gasteiger charge is 2.03. The maximum absolute atomic E-state index is 5.80. The van der Waals surface area contributed by atoms with Crippen molar-refractivity contribution in [3.8, 4) is 5.75 Å². The van der Waals surface area contributed by atoms with Crippen LogP contribution in [-0.2, 0) is 6.54 Å². The van der Waals surface area contributed by atoms with E-state index in [4.69, 9.17) is 4.74 Å². The van der Waals surface area contributed by atoms with E-state index in [9.17, 15) is 0 Å². The summed E-state index contributed by atoms with van der Waals surface area (Å²) in [7, 11) is 0. The lowest BCUT2D eigenvalue weighted by Crippen LogP contribution is -2.13. The normalized spacial score (nSPS) is 10.3. The van der Waals surface area contributed by atoms with Gasteiger partial charge in [-0.05, 0) is 26.5 Å². The highest BCUT2D eigenvalue weighted by atomic mass is 16.5. The second kappa shape index (κ2) is 7.13. The molecule has 0 aromatic heterocycles. The minimum absolute atomic E-state index is 0.706. The van der Waals surface area contributed by atoms with Gasteiger partial charge in [0.15, 0.2) is 0 Å². The highest BCUT2D eigenvalue weighted by Crippen LogP contribution is 2.20. The minimum Gasteiger partial charge on any atom is -0.493 e. The number of nitrogens with one attached hydrogen (secondary N) is 1. The van der Waals surface area contributed by atoms with Crippen LogP contribution in [0.3, 0.4) is 0 Å². The molecule has 1 aromatic rings. The molecule has 0 aliphatic heterocycles.